The molecule has 230 valence electrons. The number of nitriles is 1. The number of ether oxygens (including phenoxy) is 2. The lowest BCUT2D eigenvalue weighted by Gasteiger charge is -2.46. The van der Waals surface area contributed by atoms with Crippen molar-refractivity contribution in [3.63, 3.8) is 0 Å². The van der Waals surface area contributed by atoms with Gasteiger partial charge in [-0.2, -0.15) is 5.26 Å². The molecule has 0 saturated heterocycles. The molecule has 1 amide bonds. The molecule has 1 fully saturated rings. The number of alkyl carbamates (subject to hydrolysis) is 1. The fraction of sp³-hybridized carbons (Fsp3) is 0.562. The number of carbonyl (C=O) groups excluding carboxylic acids is 1. The van der Waals surface area contributed by atoms with Gasteiger partial charge < -0.3 is 25.6 Å². The van der Waals surface area contributed by atoms with E-state index in [9.17, 15) is 23.6 Å². The van der Waals surface area contributed by atoms with Gasteiger partial charge in [0, 0.05) is 6.42 Å². The van der Waals surface area contributed by atoms with Gasteiger partial charge in [0.1, 0.15) is 17.5 Å². The lowest BCUT2D eigenvalue weighted by atomic mass is 9.66. The van der Waals surface area contributed by atoms with Crippen molar-refractivity contribution in [2.75, 3.05) is 7.11 Å². The summed E-state index contributed by atoms with van der Waals surface area (Å²) in [4.78, 5) is 10.7. The number of rotatable bonds is 12. The maximum Gasteiger partial charge on any atom is 0.407 e. The summed E-state index contributed by atoms with van der Waals surface area (Å²) in [5.74, 6) is 0.475. The third-order valence-electron chi connectivity index (χ3n) is 8.09. The van der Waals surface area contributed by atoms with Crippen LogP contribution in [0.4, 0.5) is 4.79 Å². The van der Waals surface area contributed by atoms with Crippen molar-refractivity contribution in [2.45, 2.75) is 106 Å². The molecular formula is C32H45N3O6S. The molecule has 42 heavy (non-hydrogen) atoms. The Balaban J connectivity index is 2.14. The lowest BCUT2D eigenvalue weighted by molar-refractivity contribution is 0.0241. The highest BCUT2D eigenvalue weighted by Crippen LogP contribution is 2.48. The quantitative estimate of drug-likeness (QED) is 0.299. The average molecular weight is 600 g/mol. The monoisotopic (exact) mass is 599 g/mol. The van der Waals surface area contributed by atoms with Crippen LogP contribution >= 0.6 is 0 Å². The Morgan fingerprint density at radius 1 is 1.10 bits per heavy atom. The van der Waals surface area contributed by atoms with Crippen molar-refractivity contribution in [1.82, 2.24) is 5.32 Å². The molecule has 3 atom stereocenters. The molecule has 1 saturated carbocycles. The highest BCUT2D eigenvalue weighted by molar-refractivity contribution is 7.92. The zero-order valence-electron chi connectivity index (χ0n) is 25.1. The first-order valence-corrected chi connectivity index (χ1v) is 16.0. The van der Waals surface area contributed by atoms with Gasteiger partial charge in [0.25, 0.3) is 0 Å². The number of methoxy groups -OCH3 is 1. The van der Waals surface area contributed by atoms with Crippen LogP contribution in [-0.4, -0.2) is 49.3 Å². The Kier molecular flexibility index (Phi) is 11.0. The molecule has 3 rings (SSSR count). The summed E-state index contributed by atoms with van der Waals surface area (Å²) < 4.78 is 39.7. The smallest absolute Gasteiger partial charge is 0.407 e. The summed E-state index contributed by atoms with van der Waals surface area (Å²) in [6, 6.07) is 16.2. The minimum atomic E-state index is -4.40. The van der Waals surface area contributed by atoms with Gasteiger partial charge in [-0.05, 0) is 88.1 Å². The number of aliphatic hydroxyl groups is 1. The third kappa shape index (κ3) is 8.24. The number of nitrogens with two attached hydrogens (primary N) is 1. The SMILES string of the molecule is COc1ccc(S(=O)(=O)C(N)(CC2(CCC#N)CCCCC2)C(O)C(Cc2ccccc2)NC(=O)OC(C)(C)C)cc1. The number of nitrogens with one attached hydrogen (secondary N) is 1. The molecule has 4 N–H and O–H groups in total. The maximum atomic E-state index is 14.5. The average Bonchev–Trinajstić information content (AvgIpc) is 2.95. The number of carbonyl (C=O) groups is 1. The number of sulfone groups is 1. The molecule has 1 aliphatic rings. The standard InChI is InChI=1S/C32H45N3O6S/c1-30(2,3)41-29(37)35-27(22-24-12-7-5-8-13-24)28(36)32(34,23-31(20-11-21-33)18-9-6-10-19-31)42(38,39)26-16-14-25(40-4)15-17-26/h5,7-8,12-17,27-28,36H,6,9-11,18-20,22-23,34H2,1-4H3,(H,35,37). The first kappa shape index (κ1) is 33.4. The lowest BCUT2D eigenvalue weighted by Crippen LogP contribution is -2.66. The van der Waals surface area contributed by atoms with E-state index in [1.54, 1.807) is 20.8 Å². The summed E-state index contributed by atoms with van der Waals surface area (Å²) in [5, 5.41) is 24.3. The molecule has 0 aliphatic heterocycles. The molecular weight excluding hydrogens is 554 g/mol. The van der Waals surface area contributed by atoms with E-state index in [2.05, 4.69) is 11.4 Å². The number of nitrogens with zero attached hydrogens (tertiary/aromatic N) is 1. The van der Waals surface area contributed by atoms with Gasteiger partial charge in [-0.15, -0.1) is 0 Å². The summed E-state index contributed by atoms with van der Waals surface area (Å²) in [6.45, 7) is 5.16. The minimum Gasteiger partial charge on any atom is -0.497 e. The topological polar surface area (TPSA) is 152 Å². The second-order valence-corrected chi connectivity index (χ2v) is 14.7. The maximum absolute atomic E-state index is 14.5. The molecule has 10 heteroatoms. The summed E-state index contributed by atoms with van der Waals surface area (Å²) in [6.07, 6.45) is 2.41. The normalized spacial score (nSPS) is 18.1. The van der Waals surface area contributed by atoms with Crippen molar-refractivity contribution in [3.8, 4) is 11.8 Å². The van der Waals surface area contributed by atoms with E-state index in [4.69, 9.17) is 15.2 Å². The van der Waals surface area contributed by atoms with E-state index in [0.29, 0.717) is 25.0 Å². The van der Waals surface area contributed by atoms with Gasteiger partial charge >= 0.3 is 6.09 Å². The second kappa shape index (κ2) is 13.9. The molecule has 3 unspecified atom stereocenters. The molecule has 0 radical (unpaired) electrons. The Labute approximate surface area is 250 Å². The molecule has 1 aliphatic carbocycles. The number of amides is 1. The number of hydrogen-bond acceptors (Lipinski definition) is 8. The Morgan fingerprint density at radius 3 is 2.26 bits per heavy atom. The highest BCUT2D eigenvalue weighted by atomic mass is 32.2. The van der Waals surface area contributed by atoms with Gasteiger partial charge in [-0.3, -0.25) is 0 Å². The summed E-state index contributed by atoms with van der Waals surface area (Å²) >= 11 is 0. The van der Waals surface area contributed by atoms with Crippen molar-refractivity contribution < 1.29 is 27.8 Å². The fourth-order valence-electron chi connectivity index (χ4n) is 5.97. The van der Waals surface area contributed by atoms with Gasteiger partial charge in [-0.25, -0.2) is 13.2 Å². The van der Waals surface area contributed by atoms with Crippen molar-refractivity contribution in [2.24, 2.45) is 11.1 Å². The van der Waals surface area contributed by atoms with Crippen LogP contribution in [0.5, 0.6) is 5.75 Å². The summed E-state index contributed by atoms with van der Waals surface area (Å²) in [7, 11) is -2.91. The first-order chi connectivity index (χ1) is 19.7. The van der Waals surface area contributed by atoms with Crippen LogP contribution in [0.25, 0.3) is 0 Å². The molecule has 9 nitrogen and oxygen atoms in total. The molecule has 2 aromatic carbocycles. The molecule has 0 spiro atoms. The summed E-state index contributed by atoms with van der Waals surface area (Å²) in [5.41, 5.74) is 6.42. The predicted molar refractivity (Wildman–Crippen MR) is 161 cm³/mol. The van der Waals surface area contributed by atoms with Crippen molar-refractivity contribution >= 4 is 15.9 Å². The fourth-order valence-corrected chi connectivity index (χ4v) is 7.88. The van der Waals surface area contributed by atoms with Crippen LogP contribution in [0.15, 0.2) is 59.5 Å². The van der Waals surface area contributed by atoms with Crippen LogP contribution < -0.4 is 15.8 Å². The van der Waals surface area contributed by atoms with E-state index < -0.39 is 44.0 Å². The van der Waals surface area contributed by atoms with E-state index >= 15 is 0 Å². The second-order valence-electron chi connectivity index (χ2n) is 12.4. The van der Waals surface area contributed by atoms with Crippen molar-refractivity contribution in [1.29, 1.82) is 5.26 Å². The van der Waals surface area contributed by atoms with Crippen LogP contribution in [0.3, 0.4) is 0 Å². The van der Waals surface area contributed by atoms with E-state index in [0.717, 1.165) is 24.8 Å². The molecule has 0 heterocycles. The predicted octanol–water partition coefficient (Wildman–Crippen LogP) is 5.27. The van der Waals surface area contributed by atoms with Crippen LogP contribution in [0, 0.1) is 16.7 Å². The molecule has 0 aromatic heterocycles. The third-order valence-corrected chi connectivity index (χ3v) is 10.4. The minimum absolute atomic E-state index is 0.0631. The van der Waals surface area contributed by atoms with Gasteiger partial charge in [0.05, 0.1) is 24.1 Å². The number of benzene rings is 2. The Morgan fingerprint density at radius 2 is 1.71 bits per heavy atom. The Bertz CT molecular complexity index is 1310. The van der Waals surface area contributed by atoms with E-state index in [1.165, 1.54) is 31.4 Å². The number of aliphatic hydroxyl groups excluding tert-OH is 1. The van der Waals surface area contributed by atoms with Gasteiger partial charge in [0.15, 0.2) is 14.7 Å². The van der Waals surface area contributed by atoms with Crippen molar-refractivity contribution in [3.05, 3.63) is 60.2 Å². The highest BCUT2D eigenvalue weighted by Gasteiger charge is 2.54. The Hall–Kier alpha value is -3.13. The zero-order chi connectivity index (χ0) is 31.0. The van der Waals surface area contributed by atoms with Gasteiger partial charge in [0.2, 0.25) is 0 Å². The van der Waals surface area contributed by atoms with Crippen LogP contribution in [0.1, 0.15) is 77.7 Å². The first-order valence-electron chi connectivity index (χ1n) is 14.5. The van der Waals surface area contributed by atoms with E-state index in [-0.39, 0.29) is 24.2 Å². The van der Waals surface area contributed by atoms with Gasteiger partial charge in [-0.1, -0.05) is 49.6 Å². The number of hydrogen-bond donors (Lipinski definition) is 3. The van der Waals surface area contributed by atoms with Crippen LogP contribution in [-0.2, 0) is 21.0 Å². The molecule has 0 bridgehead atoms. The zero-order valence-corrected chi connectivity index (χ0v) is 26.0. The molecule has 2 aromatic rings. The largest absolute Gasteiger partial charge is 0.497 e. The van der Waals surface area contributed by atoms with E-state index in [1.807, 2.05) is 30.3 Å². The van der Waals surface area contributed by atoms with Crippen LogP contribution in [0.2, 0.25) is 0 Å².